The van der Waals surface area contributed by atoms with Gasteiger partial charge in [-0.25, -0.2) is 4.57 Å². The van der Waals surface area contributed by atoms with Crippen LogP contribution in [0.5, 0.6) is 0 Å². The molecule has 274 valence electrons. The fourth-order valence-corrected chi connectivity index (χ4v) is 6.00. The van der Waals surface area contributed by atoms with Gasteiger partial charge in [0.25, 0.3) is 0 Å². The molecule has 10 nitrogen and oxygen atoms in total. The summed E-state index contributed by atoms with van der Waals surface area (Å²) in [4.78, 5) is 33.5. The van der Waals surface area contributed by atoms with Crippen LogP contribution >= 0.6 is 7.82 Å². The van der Waals surface area contributed by atoms with Crippen LogP contribution in [0.3, 0.4) is 0 Å². The highest BCUT2D eigenvalue weighted by Gasteiger charge is 2.27. The van der Waals surface area contributed by atoms with Crippen LogP contribution in [0.4, 0.5) is 0 Å². The van der Waals surface area contributed by atoms with Crippen LogP contribution in [0.25, 0.3) is 0 Å². The predicted octanol–water partition coefficient (Wildman–Crippen LogP) is 8.72. The number of hydrogen-bond donors (Lipinski definition) is 3. The van der Waals surface area contributed by atoms with E-state index in [2.05, 4.69) is 6.92 Å². The molecule has 0 aromatic heterocycles. The minimum Gasteiger partial charge on any atom is -0.457 e. The molecule has 0 rings (SSSR count). The number of ether oxygens (including phenoxy) is 2. The number of hydrogen-bond acceptors (Lipinski definition) is 9. The van der Waals surface area contributed by atoms with Gasteiger partial charge in [0.1, 0.15) is 12.2 Å². The lowest BCUT2D eigenvalue weighted by Crippen LogP contribution is -2.28. The molecule has 46 heavy (non-hydrogen) atoms. The molecule has 3 N–H and O–H groups in total. The fourth-order valence-electron chi connectivity index (χ4n) is 5.21. The smallest absolute Gasteiger partial charge is 0.457 e. The van der Waals surface area contributed by atoms with Gasteiger partial charge in [0, 0.05) is 12.8 Å². The summed E-state index contributed by atoms with van der Waals surface area (Å²) in [6, 6.07) is 0. The van der Waals surface area contributed by atoms with Gasteiger partial charge in [-0.15, -0.1) is 0 Å². The van der Waals surface area contributed by atoms with Gasteiger partial charge in [-0.1, -0.05) is 149 Å². The van der Waals surface area contributed by atoms with Crippen LogP contribution in [-0.4, -0.2) is 65.7 Å². The highest BCUT2D eigenvalue weighted by molar-refractivity contribution is 7.47. The van der Waals surface area contributed by atoms with Gasteiger partial charge in [-0.05, 0) is 12.8 Å². The molecule has 0 radical (unpaired) electrons. The van der Waals surface area contributed by atoms with E-state index in [9.17, 15) is 29.3 Å². The summed E-state index contributed by atoms with van der Waals surface area (Å²) in [6.07, 6.45) is 27.2. The molecule has 0 saturated carbocycles. The van der Waals surface area contributed by atoms with Crippen molar-refractivity contribution in [2.24, 2.45) is 0 Å². The van der Waals surface area contributed by atoms with E-state index in [0.29, 0.717) is 12.8 Å². The van der Waals surface area contributed by atoms with Crippen LogP contribution in [0.15, 0.2) is 0 Å². The molecule has 0 aromatic carbocycles. The minimum absolute atomic E-state index is 0.146. The summed E-state index contributed by atoms with van der Waals surface area (Å²) in [5.41, 5.74) is 0. The molecule has 0 aliphatic carbocycles. The third-order valence-corrected chi connectivity index (χ3v) is 8.99. The first-order chi connectivity index (χ1) is 22.3. The first-order valence-corrected chi connectivity index (χ1v) is 20.0. The molecule has 0 aromatic rings. The Morgan fingerprint density at radius 2 is 0.804 bits per heavy atom. The van der Waals surface area contributed by atoms with Crippen molar-refractivity contribution in [2.45, 2.75) is 187 Å². The summed E-state index contributed by atoms with van der Waals surface area (Å²) in [5.74, 6) is -1.07. The second-order valence-corrected chi connectivity index (χ2v) is 14.0. The molecule has 0 spiro atoms. The van der Waals surface area contributed by atoms with E-state index < -0.39 is 58.4 Å². The van der Waals surface area contributed by atoms with Crippen LogP contribution in [0.1, 0.15) is 174 Å². The zero-order chi connectivity index (χ0) is 34.1. The van der Waals surface area contributed by atoms with Crippen LogP contribution in [0, 0.1) is 0 Å². The largest absolute Gasteiger partial charge is 0.472 e. The van der Waals surface area contributed by atoms with Gasteiger partial charge in [0.15, 0.2) is 0 Å². The van der Waals surface area contributed by atoms with Crippen molar-refractivity contribution in [1.29, 1.82) is 0 Å². The normalized spacial score (nSPS) is 14.1. The third-order valence-electron chi connectivity index (χ3n) is 8.04. The van der Waals surface area contributed by atoms with Crippen molar-refractivity contribution in [3.05, 3.63) is 0 Å². The van der Waals surface area contributed by atoms with Crippen molar-refractivity contribution in [2.75, 3.05) is 26.4 Å². The number of carbonyl (C=O) groups is 2. The highest BCUT2D eigenvalue weighted by Crippen LogP contribution is 2.43. The average Bonchev–Trinajstić information content (AvgIpc) is 3.03. The van der Waals surface area contributed by atoms with E-state index in [1.807, 2.05) is 0 Å². The predicted molar refractivity (Wildman–Crippen MR) is 182 cm³/mol. The number of aliphatic hydroxyl groups is 2. The molecular weight excluding hydrogens is 611 g/mol. The van der Waals surface area contributed by atoms with Gasteiger partial charge >= 0.3 is 19.8 Å². The van der Waals surface area contributed by atoms with Gasteiger partial charge in [-0.2, -0.15) is 0 Å². The highest BCUT2D eigenvalue weighted by atomic mass is 31.2. The molecule has 0 fully saturated rings. The molecular formula is C35H69O10P. The van der Waals surface area contributed by atoms with Gasteiger partial charge in [0.05, 0.1) is 26.4 Å². The molecule has 3 unspecified atom stereocenters. The van der Waals surface area contributed by atoms with E-state index in [1.54, 1.807) is 6.92 Å². The number of carbonyl (C=O) groups excluding carboxylic acids is 2. The minimum atomic E-state index is -4.59. The van der Waals surface area contributed by atoms with Crippen molar-refractivity contribution in [3.63, 3.8) is 0 Å². The summed E-state index contributed by atoms with van der Waals surface area (Å²) >= 11 is 0. The summed E-state index contributed by atoms with van der Waals surface area (Å²) in [6.45, 7) is 1.79. The molecule has 0 bridgehead atoms. The van der Waals surface area contributed by atoms with Crippen molar-refractivity contribution >= 4 is 19.8 Å². The van der Waals surface area contributed by atoms with Crippen LogP contribution in [0.2, 0.25) is 0 Å². The van der Waals surface area contributed by atoms with Crippen molar-refractivity contribution < 1.29 is 47.8 Å². The number of phosphoric ester groups is 1. The number of rotatable bonds is 35. The Bertz CT molecular complexity index is 751. The lowest BCUT2D eigenvalue weighted by atomic mass is 10.0. The Hall–Kier alpha value is -1.03. The Labute approximate surface area is 280 Å². The molecule has 0 heterocycles. The summed E-state index contributed by atoms with van der Waals surface area (Å²) < 4.78 is 31.8. The zero-order valence-corrected chi connectivity index (χ0v) is 30.2. The molecule has 11 heteroatoms. The molecule has 0 aliphatic heterocycles. The van der Waals surface area contributed by atoms with E-state index in [1.165, 1.54) is 116 Å². The standard InChI is InChI=1S/C35H69O10P/c1-3-5-6-7-8-9-10-11-12-13-14-15-16-17-18-19-20-21-22-23-24-25-27-35(39)45-33(29-37)31-43-46(40,41)42-30-32(28-36)44-34(38)26-4-2/h32-33,36-37H,3-31H2,1-2H3,(H,40,41). The number of esters is 2. The second-order valence-electron chi connectivity index (χ2n) is 12.6. The first-order valence-electron chi connectivity index (χ1n) is 18.5. The topological polar surface area (TPSA) is 149 Å². The Morgan fingerprint density at radius 3 is 1.11 bits per heavy atom. The molecule has 0 amide bonds. The van der Waals surface area contributed by atoms with E-state index in [0.717, 1.165) is 19.3 Å². The zero-order valence-electron chi connectivity index (χ0n) is 29.3. The maximum Gasteiger partial charge on any atom is 0.472 e. The lowest BCUT2D eigenvalue weighted by molar-refractivity contribution is -0.153. The maximum atomic E-state index is 12.1. The van der Waals surface area contributed by atoms with E-state index in [-0.39, 0.29) is 12.8 Å². The summed E-state index contributed by atoms with van der Waals surface area (Å²) in [5, 5.41) is 18.7. The number of unbranched alkanes of at least 4 members (excludes halogenated alkanes) is 21. The Kier molecular flexibility index (Phi) is 31.8. The fraction of sp³-hybridized carbons (Fsp3) is 0.943. The van der Waals surface area contributed by atoms with Crippen LogP contribution in [-0.2, 0) is 32.7 Å². The molecule has 0 saturated heterocycles. The third kappa shape index (κ3) is 30.3. The monoisotopic (exact) mass is 680 g/mol. The second kappa shape index (κ2) is 32.5. The van der Waals surface area contributed by atoms with E-state index >= 15 is 0 Å². The lowest BCUT2D eigenvalue weighted by Gasteiger charge is -2.20. The number of aliphatic hydroxyl groups excluding tert-OH is 2. The first kappa shape index (κ1) is 45.0. The SMILES string of the molecule is CCCCCCCCCCCCCCCCCCCCCCCCC(=O)OC(CO)COP(=O)(O)OCC(CO)OC(=O)CCC. The number of phosphoric acid groups is 1. The van der Waals surface area contributed by atoms with Crippen molar-refractivity contribution in [1.82, 2.24) is 0 Å². The maximum absolute atomic E-state index is 12.1. The van der Waals surface area contributed by atoms with Gasteiger partial charge in [-0.3, -0.25) is 18.6 Å². The quantitative estimate of drug-likeness (QED) is 0.0337. The van der Waals surface area contributed by atoms with E-state index in [4.69, 9.17) is 18.5 Å². The molecule has 0 aliphatic rings. The van der Waals surface area contributed by atoms with Gasteiger partial charge < -0.3 is 24.6 Å². The summed E-state index contributed by atoms with van der Waals surface area (Å²) in [7, 11) is -4.59. The van der Waals surface area contributed by atoms with Gasteiger partial charge in [0.2, 0.25) is 0 Å². The molecule has 3 atom stereocenters. The van der Waals surface area contributed by atoms with Crippen molar-refractivity contribution in [3.8, 4) is 0 Å². The Balaban J connectivity index is 3.66. The Morgan fingerprint density at radius 1 is 0.500 bits per heavy atom. The van der Waals surface area contributed by atoms with Crippen LogP contribution < -0.4 is 0 Å². The average molecular weight is 681 g/mol.